The third-order valence-corrected chi connectivity index (χ3v) is 5.17. The summed E-state index contributed by atoms with van der Waals surface area (Å²) < 4.78 is 30.4. The summed E-state index contributed by atoms with van der Waals surface area (Å²) in [5.41, 5.74) is -1.16. The highest BCUT2D eigenvalue weighted by molar-refractivity contribution is 7.85. The highest BCUT2D eigenvalue weighted by Gasteiger charge is 2.58. The van der Waals surface area contributed by atoms with Gasteiger partial charge in [-0.25, -0.2) is 8.91 Å². The summed E-state index contributed by atoms with van der Waals surface area (Å²) in [4.78, 5) is 12.0. The molecule has 18 heavy (non-hydrogen) atoms. The van der Waals surface area contributed by atoms with Crippen LogP contribution < -0.4 is 4.72 Å². The number of amides is 1. The van der Waals surface area contributed by atoms with E-state index in [-0.39, 0.29) is 5.92 Å². The molecule has 0 aromatic heterocycles. The zero-order valence-corrected chi connectivity index (χ0v) is 12.1. The maximum absolute atomic E-state index is 12.0. The fourth-order valence-electron chi connectivity index (χ4n) is 2.41. The molecule has 0 saturated heterocycles. The van der Waals surface area contributed by atoms with Crippen LogP contribution in [0.1, 0.15) is 47.0 Å². The maximum atomic E-state index is 12.0. The van der Waals surface area contributed by atoms with Gasteiger partial charge in [0, 0.05) is 0 Å². The Kier molecular flexibility index (Phi) is 3.02. The topological polar surface area (TPSA) is 72.5 Å². The van der Waals surface area contributed by atoms with Crippen molar-refractivity contribution in [3.05, 3.63) is 0 Å². The molecule has 2 unspecified atom stereocenters. The summed E-state index contributed by atoms with van der Waals surface area (Å²) in [6, 6.07) is 0. The Labute approximate surface area is 109 Å². The SMILES string of the molecule is CC(C)C1CC1(C)C(=O)NS(=O)(=O)OC1(C)CC1. The van der Waals surface area contributed by atoms with Gasteiger partial charge in [0.15, 0.2) is 0 Å². The van der Waals surface area contributed by atoms with Crippen molar-refractivity contribution in [3.8, 4) is 0 Å². The molecule has 5 nitrogen and oxygen atoms in total. The van der Waals surface area contributed by atoms with Crippen LogP contribution in [0.25, 0.3) is 0 Å². The minimum absolute atomic E-state index is 0.254. The number of hydrogen-bond donors (Lipinski definition) is 1. The highest BCUT2D eigenvalue weighted by atomic mass is 32.2. The molecule has 0 aromatic rings. The molecule has 0 spiro atoms. The van der Waals surface area contributed by atoms with Crippen LogP contribution in [-0.4, -0.2) is 19.9 Å². The average Bonchev–Trinajstić information content (AvgIpc) is 3.04. The van der Waals surface area contributed by atoms with Crippen molar-refractivity contribution in [1.29, 1.82) is 0 Å². The van der Waals surface area contributed by atoms with Crippen molar-refractivity contribution in [1.82, 2.24) is 4.72 Å². The predicted octanol–water partition coefficient (Wildman–Crippen LogP) is 1.60. The molecule has 0 aliphatic heterocycles. The van der Waals surface area contributed by atoms with Gasteiger partial charge in [-0.2, -0.15) is 8.42 Å². The van der Waals surface area contributed by atoms with Gasteiger partial charge in [-0.05, 0) is 38.0 Å². The standard InChI is InChI=1S/C12H21NO4S/c1-8(2)9-7-12(9,4)10(14)13-18(15,16)17-11(3)5-6-11/h8-9H,5-7H2,1-4H3,(H,13,14). The lowest BCUT2D eigenvalue weighted by Gasteiger charge is -2.16. The molecule has 2 aliphatic rings. The quantitative estimate of drug-likeness (QED) is 0.827. The fourth-order valence-corrected chi connectivity index (χ4v) is 3.60. The monoisotopic (exact) mass is 275 g/mol. The highest BCUT2D eigenvalue weighted by Crippen LogP contribution is 2.56. The minimum atomic E-state index is -3.97. The van der Waals surface area contributed by atoms with Crippen molar-refractivity contribution in [3.63, 3.8) is 0 Å². The van der Waals surface area contributed by atoms with E-state index in [0.29, 0.717) is 18.8 Å². The Morgan fingerprint density at radius 1 is 1.33 bits per heavy atom. The van der Waals surface area contributed by atoms with Crippen LogP contribution in [0.2, 0.25) is 0 Å². The molecule has 0 bridgehead atoms. The summed E-state index contributed by atoms with van der Waals surface area (Å²) >= 11 is 0. The Morgan fingerprint density at radius 2 is 1.89 bits per heavy atom. The summed E-state index contributed by atoms with van der Waals surface area (Å²) in [6.45, 7) is 7.62. The van der Waals surface area contributed by atoms with E-state index in [2.05, 4.69) is 4.72 Å². The maximum Gasteiger partial charge on any atom is 0.362 e. The molecular formula is C12H21NO4S. The molecule has 2 fully saturated rings. The van der Waals surface area contributed by atoms with Crippen LogP contribution >= 0.6 is 0 Å². The van der Waals surface area contributed by atoms with Crippen LogP contribution in [0, 0.1) is 17.3 Å². The van der Waals surface area contributed by atoms with Gasteiger partial charge in [-0.3, -0.25) is 4.79 Å². The van der Waals surface area contributed by atoms with Crippen LogP contribution in [-0.2, 0) is 19.3 Å². The van der Waals surface area contributed by atoms with E-state index in [1.165, 1.54) is 0 Å². The van der Waals surface area contributed by atoms with Crippen molar-refractivity contribution in [2.24, 2.45) is 17.3 Å². The van der Waals surface area contributed by atoms with Crippen LogP contribution in [0.4, 0.5) is 0 Å². The van der Waals surface area contributed by atoms with E-state index in [1.54, 1.807) is 13.8 Å². The van der Waals surface area contributed by atoms with Crippen molar-refractivity contribution in [2.75, 3.05) is 0 Å². The van der Waals surface area contributed by atoms with Gasteiger partial charge in [0.1, 0.15) is 0 Å². The Bertz CT molecular complexity index is 466. The van der Waals surface area contributed by atoms with E-state index in [9.17, 15) is 13.2 Å². The van der Waals surface area contributed by atoms with E-state index < -0.39 is 27.2 Å². The summed E-state index contributed by atoms with van der Waals surface area (Å²) in [7, 11) is -3.97. The lowest BCUT2D eigenvalue weighted by Crippen LogP contribution is -2.39. The molecule has 1 N–H and O–H groups in total. The second-order valence-corrected chi connectivity index (χ2v) is 7.67. The lowest BCUT2D eigenvalue weighted by atomic mass is 9.99. The van der Waals surface area contributed by atoms with E-state index in [4.69, 9.17) is 4.18 Å². The molecule has 0 radical (unpaired) electrons. The molecule has 2 rings (SSSR count). The zero-order chi connectivity index (χ0) is 13.8. The molecule has 2 atom stereocenters. The van der Waals surface area contributed by atoms with E-state index >= 15 is 0 Å². The van der Waals surface area contributed by atoms with Gasteiger partial charge >= 0.3 is 10.3 Å². The molecular weight excluding hydrogens is 254 g/mol. The zero-order valence-electron chi connectivity index (χ0n) is 11.3. The first-order chi connectivity index (χ1) is 8.08. The summed E-state index contributed by atoms with van der Waals surface area (Å²) in [5.74, 6) is 0.194. The Balaban J connectivity index is 1.96. The van der Waals surface area contributed by atoms with Crippen molar-refractivity contribution < 1.29 is 17.4 Å². The third-order valence-electron chi connectivity index (χ3n) is 4.11. The van der Waals surface area contributed by atoms with Crippen molar-refractivity contribution in [2.45, 2.75) is 52.6 Å². The van der Waals surface area contributed by atoms with E-state index in [0.717, 1.165) is 6.42 Å². The first-order valence-electron chi connectivity index (χ1n) is 6.36. The molecule has 6 heteroatoms. The van der Waals surface area contributed by atoms with Crippen LogP contribution in [0.5, 0.6) is 0 Å². The second-order valence-electron chi connectivity index (χ2n) is 6.39. The molecule has 0 aromatic carbocycles. The minimum Gasteiger partial charge on any atom is -0.273 e. The van der Waals surface area contributed by atoms with Crippen LogP contribution in [0.15, 0.2) is 0 Å². The summed E-state index contributed by atoms with van der Waals surface area (Å²) in [5, 5.41) is 0. The fraction of sp³-hybridized carbons (Fsp3) is 0.917. The molecule has 1 amide bonds. The number of carbonyl (C=O) groups excluding carboxylic acids is 1. The molecule has 104 valence electrons. The Morgan fingerprint density at radius 3 is 2.28 bits per heavy atom. The van der Waals surface area contributed by atoms with Gasteiger partial charge in [0.05, 0.1) is 11.0 Å². The van der Waals surface area contributed by atoms with Gasteiger partial charge in [-0.15, -0.1) is 0 Å². The number of carbonyl (C=O) groups is 1. The van der Waals surface area contributed by atoms with Crippen molar-refractivity contribution >= 4 is 16.2 Å². The molecule has 2 aliphatic carbocycles. The predicted molar refractivity (Wildman–Crippen MR) is 66.8 cm³/mol. The third kappa shape index (κ3) is 2.69. The smallest absolute Gasteiger partial charge is 0.273 e. The second kappa shape index (κ2) is 3.93. The van der Waals surface area contributed by atoms with Gasteiger partial charge in [-0.1, -0.05) is 20.8 Å². The first-order valence-corrected chi connectivity index (χ1v) is 7.77. The van der Waals surface area contributed by atoms with Gasteiger partial charge < -0.3 is 0 Å². The summed E-state index contributed by atoms with van der Waals surface area (Å²) in [6.07, 6.45) is 2.17. The number of hydrogen-bond acceptors (Lipinski definition) is 4. The number of nitrogens with one attached hydrogen (secondary N) is 1. The molecule has 2 saturated carbocycles. The largest absolute Gasteiger partial charge is 0.362 e. The molecule has 0 heterocycles. The Hall–Kier alpha value is -0.620. The number of rotatable bonds is 5. The average molecular weight is 275 g/mol. The van der Waals surface area contributed by atoms with Gasteiger partial charge in [0.2, 0.25) is 5.91 Å². The van der Waals surface area contributed by atoms with Gasteiger partial charge in [0.25, 0.3) is 0 Å². The first kappa shape index (κ1) is 13.8. The van der Waals surface area contributed by atoms with Crippen LogP contribution in [0.3, 0.4) is 0 Å². The van der Waals surface area contributed by atoms with E-state index in [1.807, 2.05) is 13.8 Å². The normalized spacial score (nSPS) is 33.3. The lowest BCUT2D eigenvalue weighted by molar-refractivity contribution is -0.124.